The van der Waals surface area contributed by atoms with Crippen LogP contribution in [0.15, 0.2) is 48.7 Å². The van der Waals surface area contributed by atoms with Crippen LogP contribution in [-0.2, 0) is 0 Å². The predicted molar refractivity (Wildman–Crippen MR) is 136 cm³/mol. The Labute approximate surface area is 239 Å². The first-order valence-electron chi connectivity index (χ1n) is 12.8. The highest BCUT2D eigenvalue weighted by Crippen LogP contribution is 2.45. The van der Waals surface area contributed by atoms with Crippen molar-refractivity contribution < 1.29 is 59.8 Å². The topological polar surface area (TPSA) is 117 Å². The number of ether oxygens (including phenoxy) is 3. The number of aromatic nitrogens is 1. The van der Waals surface area contributed by atoms with Gasteiger partial charge in [0.05, 0.1) is 13.0 Å². The van der Waals surface area contributed by atoms with E-state index in [-0.39, 0.29) is 59.9 Å². The number of carbonyl (C=O) groups is 2. The lowest BCUT2D eigenvalue weighted by atomic mass is 9.78. The number of carbonyl (C=O) groups excluding carboxylic acids is 2. The number of benzene rings is 2. The molecule has 1 heterocycles. The van der Waals surface area contributed by atoms with Crippen molar-refractivity contribution in [2.24, 2.45) is 11.7 Å². The van der Waals surface area contributed by atoms with Gasteiger partial charge in [0.25, 0.3) is 5.91 Å². The average Bonchev–Trinajstić information content (AvgIpc) is 2.92. The van der Waals surface area contributed by atoms with Gasteiger partial charge in [0, 0.05) is 24.4 Å². The average molecular weight is 617 g/mol. The molecule has 1 aliphatic carbocycles. The molecule has 1 aromatic heterocycles. The lowest BCUT2D eigenvalue weighted by Crippen LogP contribution is -2.82. The van der Waals surface area contributed by atoms with E-state index in [0.29, 0.717) is 0 Å². The SMILES string of the molecule is COc1cc(OC(F)(F)F)ccc1Oc1cc(C2CCC(C(F)(F)F)CC2)cc(F)c1C(=O)[NH2+]c1ccnc(C(N)=O)c1. The first kappa shape index (κ1) is 31.5. The second-order valence-electron chi connectivity index (χ2n) is 9.78. The Kier molecular flexibility index (Phi) is 9.13. The predicted octanol–water partition coefficient (Wildman–Crippen LogP) is 5.89. The van der Waals surface area contributed by atoms with Gasteiger partial charge in [-0.2, -0.15) is 13.2 Å². The van der Waals surface area contributed by atoms with E-state index in [2.05, 4.69) is 9.72 Å². The zero-order chi connectivity index (χ0) is 31.5. The molecule has 8 nitrogen and oxygen atoms in total. The molecule has 0 saturated heterocycles. The largest absolute Gasteiger partial charge is 0.573 e. The van der Waals surface area contributed by atoms with Gasteiger partial charge in [-0.15, -0.1) is 13.2 Å². The van der Waals surface area contributed by atoms with Crippen LogP contribution in [0.2, 0.25) is 0 Å². The Morgan fingerprint density at radius 1 is 0.930 bits per heavy atom. The number of alkyl halides is 6. The van der Waals surface area contributed by atoms with Crippen molar-refractivity contribution in [1.82, 2.24) is 4.98 Å². The van der Waals surface area contributed by atoms with Crippen molar-refractivity contribution in [3.8, 4) is 23.0 Å². The minimum atomic E-state index is -4.99. The molecule has 2 amide bonds. The maximum absolute atomic E-state index is 15.7. The zero-order valence-electron chi connectivity index (χ0n) is 22.4. The van der Waals surface area contributed by atoms with E-state index in [1.54, 1.807) is 0 Å². The third-order valence-corrected chi connectivity index (χ3v) is 6.91. The summed E-state index contributed by atoms with van der Waals surface area (Å²) >= 11 is 0. The smallest absolute Gasteiger partial charge is 0.493 e. The lowest BCUT2D eigenvalue weighted by molar-refractivity contribution is -0.464. The maximum atomic E-state index is 15.7. The number of amides is 2. The van der Waals surface area contributed by atoms with E-state index in [1.165, 1.54) is 24.4 Å². The van der Waals surface area contributed by atoms with Crippen molar-refractivity contribution >= 4 is 17.5 Å². The van der Waals surface area contributed by atoms with Crippen LogP contribution in [0.3, 0.4) is 0 Å². The molecule has 0 aliphatic heterocycles. The molecule has 1 fully saturated rings. The molecule has 3 aromatic rings. The molecular formula is C28H25F7N3O5+. The molecule has 0 radical (unpaired) electrons. The summed E-state index contributed by atoms with van der Waals surface area (Å²) in [6.45, 7) is 0. The molecule has 0 atom stereocenters. The highest BCUT2D eigenvalue weighted by atomic mass is 19.4. The third-order valence-electron chi connectivity index (χ3n) is 6.91. The number of quaternary nitrogens is 1. The number of methoxy groups -OCH3 is 1. The van der Waals surface area contributed by atoms with E-state index in [4.69, 9.17) is 15.2 Å². The Hall–Kier alpha value is -4.40. The normalized spacial score (nSPS) is 17.3. The second-order valence-corrected chi connectivity index (χ2v) is 9.78. The molecule has 0 bridgehead atoms. The summed E-state index contributed by atoms with van der Waals surface area (Å²) in [4.78, 5) is 28.6. The summed E-state index contributed by atoms with van der Waals surface area (Å²) in [7, 11) is 1.13. The summed E-state index contributed by atoms with van der Waals surface area (Å²) in [5.41, 5.74) is 4.92. The summed E-state index contributed by atoms with van der Waals surface area (Å²) in [5.74, 6) is -6.24. The van der Waals surface area contributed by atoms with Crippen LogP contribution >= 0.6 is 0 Å². The Morgan fingerprint density at radius 3 is 2.23 bits per heavy atom. The monoisotopic (exact) mass is 616 g/mol. The minimum absolute atomic E-state index is 0.0994. The fraction of sp³-hybridized carbons (Fsp3) is 0.321. The fourth-order valence-corrected chi connectivity index (χ4v) is 4.85. The van der Waals surface area contributed by atoms with Gasteiger partial charge in [-0.3, -0.25) is 9.78 Å². The van der Waals surface area contributed by atoms with Crippen molar-refractivity contribution in [2.75, 3.05) is 7.11 Å². The van der Waals surface area contributed by atoms with E-state index in [1.807, 2.05) is 0 Å². The summed E-state index contributed by atoms with van der Waals surface area (Å²) in [6, 6.07) is 7.76. The molecule has 2 aromatic carbocycles. The fourth-order valence-electron chi connectivity index (χ4n) is 4.85. The van der Waals surface area contributed by atoms with Crippen molar-refractivity contribution in [3.63, 3.8) is 0 Å². The van der Waals surface area contributed by atoms with Crippen molar-refractivity contribution in [2.45, 2.75) is 44.1 Å². The van der Waals surface area contributed by atoms with Gasteiger partial charge in [-0.05, 0) is 61.4 Å². The first-order chi connectivity index (χ1) is 20.1. The van der Waals surface area contributed by atoms with Gasteiger partial charge < -0.3 is 19.9 Å². The van der Waals surface area contributed by atoms with Gasteiger partial charge in [0.15, 0.2) is 17.1 Å². The van der Waals surface area contributed by atoms with E-state index >= 15 is 4.39 Å². The van der Waals surface area contributed by atoms with Gasteiger partial charge in [-0.1, -0.05) is 0 Å². The van der Waals surface area contributed by atoms with Crippen LogP contribution < -0.4 is 25.3 Å². The molecule has 15 heteroatoms. The number of nitrogens with two attached hydrogens (primary N) is 2. The zero-order valence-corrected chi connectivity index (χ0v) is 22.4. The van der Waals surface area contributed by atoms with Crippen molar-refractivity contribution in [1.29, 1.82) is 0 Å². The van der Waals surface area contributed by atoms with Gasteiger partial charge in [0.2, 0.25) is 0 Å². The van der Waals surface area contributed by atoms with E-state index in [9.17, 15) is 35.9 Å². The Morgan fingerprint density at radius 2 is 1.63 bits per heavy atom. The van der Waals surface area contributed by atoms with Gasteiger partial charge >= 0.3 is 18.4 Å². The summed E-state index contributed by atoms with van der Waals surface area (Å²) in [5, 5.41) is 0.991. The molecule has 0 unspecified atom stereocenters. The van der Waals surface area contributed by atoms with Crippen LogP contribution in [-0.4, -0.2) is 36.4 Å². The highest BCUT2D eigenvalue weighted by molar-refractivity contribution is 5.93. The highest BCUT2D eigenvalue weighted by Gasteiger charge is 2.42. The number of nitrogens with zero attached hydrogens (tertiary/aromatic N) is 1. The molecule has 4 N–H and O–H groups in total. The van der Waals surface area contributed by atoms with Gasteiger partial charge in [0.1, 0.15) is 28.7 Å². The molecular weight excluding hydrogens is 591 g/mol. The lowest BCUT2D eigenvalue weighted by Gasteiger charge is -2.30. The quantitative estimate of drug-likeness (QED) is 0.305. The standard InChI is InChI=1S/C28H24F7N3O5/c1-41-22-13-18(43-28(33,34)35)6-7-21(22)42-23-11-15(14-2-4-16(5-3-14)27(30,31)32)10-19(29)24(23)26(40)38-17-8-9-37-20(12-17)25(36)39/h6-14,16H,2-5H2,1H3,(H2,36,39)(H,37,38,40)/p+1. The van der Waals surface area contributed by atoms with Crippen LogP contribution in [0.4, 0.5) is 36.4 Å². The van der Waals surface area contributed by atoms with E-state index < -0.39 is 53.3 Å². The number of rotatable bonds is 8. The third kappa shape index (κ3) is 7.91. The molecule has 230 valence electrons. The Bertz CT molecular complexity index is 1500. The molecule has 1 saturated carbocycles. The van der Waals surface area contributed by atoms with E-state index in [0.717, 1.165) is 36.7 Å². The molecule has 4 rings (SSSR count). The van der Waals surface area contributed by atoms with Crippen LogP contribution in [0.25, 0.3) is 0 Å². The number of primary amides is 2. The number of hydrogen-bond donors (Lipinski definition) is 2. The number of halogens is 7. The van der Waals surface area contributed by atoms with Crippen LogP contribution in [0.1, 0.15) is 58.0 Å². The number of pyridine rings is 1. The summed E-state index contributed by atoms with van der Waals surface area (Å²) in [6.07, 6.45) is -8.27. The minimum Gasteiger partial charge on any atom is -0.493 e. The molecule has 43 heavy (non-hydrogen) atoms. The first-order valence-corrected chi connectivity index (χ1v) is 12.8. The molecule has 1 aliphatic rings. The van der Waals surface area contributed by atoms with Crippen LogP contribution in [0, 0.1) is 11.7 Å². The molecule has 0 spiro atoms. The number of hydrogen-bond acceptors (Lipinski definition) is 6. The van der Waals surface area contributed by atoms with Gasteiger partial charge in [-0.25, -0.2) is 14.5 Å². The second kappa shape index (κ2) is 12.5. The maximum Gasteiger partial charge on any atom is 0.573 e. The summed E-state index contributed by atoms with van der Waals surface area (Å²) < 4.78 is 108. The van der Waals surface area contributed by atoms with Crippen molar-refractivity contribution in [3.05, 3.63) is 71.3 Å². The van der Waals surface area contributed by atoms with Crippen LogP contribution in [0.5, 0.6) is 23.0 Å². The Balaban J connectivity index is 1.71.